The Morgan fingerprint density at radius 2 is 2.14 bits per heavy atom. The molecule has 1 atom stereocenters. The summed E-state index contributed by atoms with van der Waals surface area (Å²) in [4.78, 5) is 16.2. The zero-order chi connectivity index (χ0) is 15.8. The number of nitrogens with zero attached hydrogens (tertiary/aromatic N) is 2. The molecule has 1 fully saturated rings. The second-order valence-electron chi connectivity index (χ2n) is 6.01. The van der Waals surface area contributed by atoms with Gasteiger partial charge in [0.1, 0.15) is 0 Å². The fraction of sp³-hybridized carbons (Fsp3) is 0.500. The highest BCUT2D eigenvalue weighted by molar-refractivity contribution is 5.74. The van der Waals surface area contributed by atoms with E-state index in [-0.39, 0.29) is 6.03 Å². The Labute approximate surface area is 133 Å². The summed E-state index contributed by atoms with van der Waals surface area (Å²) in [6.07, 6.45) is 7.76. The summed E-state index contributed by atoms with van der Waals surface area (Å²) < 4.78 is 0. The van der Waals surface area contributed by atoms with E-state index in [0.717, 1.165) is 18.7 Å². The van der Waals surface area contributed by atoms with Crippen LogP contribution in [-0.2, 0) is 0 Å². The molecule has 1 N–H and O–H groups in total. The van der Waals surface area contributed by atoms with Gasteiger partial charge >= 0.3 is 6.03 Å². The summed E-state index contributed by atoms with van der Waals surface area (Å²) in [7, 11) is 3.97. The van der Waals surface area contributed by atoms with Crippen molar-refractivity contribution in [2.45, 2.75) is 25.3 Å². The van der Waals surface area contributed by atoms with Crippen LogP contribution >= 0.6 is 0 Å². The number of urea groups is 1. The van der Waals surface area contributed by atoms with Crippen molar-refractivity contribution in [3.05, 3.63) is 42.0 Å². The number of carbonyl (C=O) groups is 1. The van der Waals surface area contributed by atoms with Gasteiger partial charge in [-0.25, -0.2) is 4.79 Å². The number of hydrogen-bond acceptors (Lipinski definition) is 2. The third-order valence-corrected chi connectivity index (χ3v) is 4.25. The third-order valence-electron chi connectivity index (χ3n) is 4.25. The Morgan fingerprint density at radius 3 is 2.86 bits per heavy atom. The summed E-state index contributed by atoms with van der Waals surface area (Å²) in [6, 6.07) is 10.6. The molecule has 0 saturated carbocycles. The predicted molar refractivity (Wildman–Crippen MR) is 91.8 cm³/mol. The zero-order valence-electron chi connectivity index (χ0n) is 13.7. The Bertz CT molecular complexity index is 486. The Hall–Kier alpha value is -1.81. The number of amides is 2. The maximum absolute atomic E-state index is 12.1. The highest BCUT2D eigenvalue weighted by Gasteiger charge is 2.19. The lowest BCUT2D eigenvalue weighted by Crippen LogP contribution is -2.47. The average molecular weight is 301 g/mol. The normalized spacial score (nSPS) is 19.3. The average Bonchev–Trinajstić information content (AvgIpc) is 2.54. The van der Waals surface area contributed by atoms with Crippen LogP contribution in [0.25, 0.3) is 6.08 Å². The van der Waals surface area contributed by atoms with Gasteiger partial charge in [0.15, 0.2) is 0 Å². The van der Waals surface area contributed by atoms with Gasteiger partial charge in [-0.15, -0.1) is 0 Å². The quantitative estimate of drug-likeness (QED) is 0.908. The maximum Gasteiger partial charge on any atom is 0.317 e. The van der Waals surface area contributed by atoms with E-state index in [1.807, 2.05) is 37.4 Å². The molecule has 4 heteroatoms. The van der Waals surface area contributed by atoms with E-state index in [1.54, 1.807) is 4.90 Å². The largest absolute Gasteiger partial charge is 0.336 e. The van der Waals surface area contributed by atoms with Crippen LogP contribution in [0.4, 0.5) is 4.79 Å². The van der Waals surface area contributed by atoms with Gasteiger partial charge in [0.25, 0.3) is 0 Å². The predicted octanol–water partition coefficient (Wildman–Crippen LogP) is 2.83. The van der Waals surface area contributed by atoms with Crippen LogP contribution in [-0.4, -0.2) is 55.6 Å². The molecule has 2 rings (SSSR count). The van der Waals surface area contributed by atoms with Gasteiger partial charge in [0, 0.05) is 26.2 Å². The monoisotopic (exact) mass is 301 g/mol. The van der Waals surface area contributed by atoms with E-state index < -0.39 is 0 Å². The number of carbonyl (C=O) groups excluding carboxylic acids is 1. The van der Waals surface area contributed by atoms with Crippen LogP contribution in [0, 0.1) is 0 Å². The summed E-state index contributed by atoms with van der Waals surface area (Å²) in [5.74, 6) is 0. The van der Waals surface area contributed by atoms with Gasteiger partial charge in [0.2, 0.25) is 0 Å². The number of likely N-dealkylation sites (N-methyl/N-ethyl adjacent to an activating group) is 2. The molecule has 1 aromatic rings. The molecule has 0 aromatic heterocycles. The van der Waals surface area contributed by atoms with Gasteiger partial charge in [-0.2, -0.15) is 0 Å². The molecule has 1 aromatic carbocycles. The molecule has 0 aliphatic carbocycles. The molecule has 2 amide bonds. The molecule has 4 nitrogen and oxygen atoms in total. The summed E-state index contributed by atoms with van der Waals surface area (Å²) in [5.41, 5.74) is 1.15. The first kappa shape index (κ1) is 16.6. The van der Waals surface area contributed by atoms with Crippen LogP contribution < -0.4 is 5.32 Å². The molecule has 1 saturated heterocycles. The molecular formula is C18H27N3O. The smallest absolute Gasteiger partial charge is 0.317 e. The highest BCUT2D eigenvalue weighted by atomic mass is 16.2. The van der Waals surface area contributed by atoms with Crippen molar-refractivity contribution in [2.75, 3.05) is 33.7 Å². The van der Waals surface area contributed by atoms with Crippen LogP contribution in [0.3, 0.4) is 0 Å². The molecule has 0 unspecified atom stereocenters. The van der Waals surface area contributed by atoms with Crippen LogP contribution in [0.5, 0.6) is 0 Å². The second-order valence-corrected chi connectivity index (χ2v) is 6.01. The van der Waals surface area contributed by atoms with Crippen molar-refractivity contribution in [2.24, 2.45) is 0 Å². The van der Waals surface area contributed by atoms with Crippen LogP contribution in [0.1, 0.15) is 24.8 Å². The number of benzene rings is 1. The lowest BCUT2D eigenvalue weighted by molar-refractivity contribution is 0.174. The maximum atomic E-state index is 12.1. The number of nitrogens with one attached hydrogen (secondary N) is 1. The number of likely N-dealkylation sites (tertiary alicyclic amines) is 1. The lowest BCUT2D eigenvalue weighted by atomic mass is 10.0. The molecule has 1 heterocycles. The van der Waals surface area contributed by atoms with Gasteiger partial charge < -0.3 is 15.1 Å². The SMILES string of the molecule is CN(C/C=C/c1ccccc1)C(=O)NC[C@@H]1CCCCN1C. The Balaban J connectivity index is 1.71. The molecule has 1 aliphatic rings. The summed E-state index contributed by atoms with van der Waals surface area (Å²) in [6.45, 7) is 2.49. The summed E-state index contributed by atoms with van der Waals surface area (Å²) in [5, 5.41) is 3.04. The molecule has 22 heavy (non-hydrogen) atoms. The molecule has 0 radical (unpaired) electrons. The second kappa shape index (κ2) is 8.59. The van der Waals surface area contributed by atoms with E-state index >= 15 is 0 Å². The van der Waals surface area contributed by atoms with Gasteiger partial charge in [0.05, 0.1) is 0 Å². The van der Waals surface area contributed by atoms with E-state index in [9.17, 15) is 4.79 Å². The van der Waals surface area contributed by atoms with E-state index in [2.05, 4.69) is 29.4 Å². The van der Waals surface area contributed by atoms with E-state index in [0.29, 0.717) is 12.6 Å². The standard InChI is InChI=1S/C18H27N3O/c1-20-13-7-6-12-17(20)15-19-18(22)21(2)14-8-11-16-9-4-3-5-10-16/h3-5,8-11,17H,6-7,12-15H2,1-2H3,(H,19,22)/b11-8+/t17-/m0/s1. The topological polar surface area (TPSA) is 35.6 Å². The highest BCUT2D eigenvalue weighted by Crippen LogP contribution is 2.13. The van der Waals surface area contributed by atoms with E-state index in [1.165, 1.54) is 19.3 Å². The van der Waals surface area contributed by atoms with Crippen LogP contribution in [0.2, 0.25) is 0 Å². The fourth-order valence-corrected chi connectivity index (χ4v) is 2.74. The fourth-order valence-electron chi connectivity index (χ4n) is 2.74. The van der Waals surface area contributed by atoms with Crippen molar-refractivity contribution in [1.82, 2.24) is 15.1 Å². The molecular weight excluding hydrogens is 274 g/mol. The number of hydrogen-bond donors (Lipinski definition) is 1. The first-order chi connectivity index (χ1) is 10.7. The van der Waals surface area contributed by atoms with Gasteiger partial charge in [-0.3, -0.25) is 0 Å². The van der Waals surface area contributed by atoms with Crippen molar-refractivity contribution in [1.29, 1.82) is 0 Å². The zero-order valence-corrected chi connectivity index (χ0v) is 13.7. The number of rotatable bonds is 5. The number of piperidine rings is 1. The van der Waals surface area contributed by atoms with Crippen molar-refractivity contribution in [3.8, 4) is 0 Å². The van der Waals surface area contributed by atoms with Crippen LogP contribution in [0.15, 0.2) is 36.4 Å². The first-order valence-corrected chi connectivity index (χ1v) is 8.07. The minimum absolute atomic E-state index is 0.00307. The molecule has 120 valence electrons. The van der Waals surface area contributed by atoms with Gasteiger partial charge in [-0.1, -0.05) is 48.9 Å². The minimum atomic E-state index is -0.00307. The first-order valence-electron chi connectivity index (χ1n) is 8.07. The van der Waals surface area contributed by atoms with Crippen molar-refractivity contribution >= 4 is 12.1 Å². The van der Waals surface area contributed by atoms with Crippen molar-refractivity contribution in [3.63, 3.8) is 0 Å². The molecule has 0 bridgehead atoms. The van der Waals surface area contributed by atoms with Gasteiger partial charge in [-0.05, 0) is 32.0 Å². The molecule has 1 aliphatic heterocycles. The lowest BCUT2D eigenvalue weighted by Gasteiger charge is -2.32. The minimum Gasteiger partial charge on any atom is -0.336 e. The molecule has 0 spiro atoms. The third kappa shape index (κ3) is 5.19. The Morgan fingerprint density at radius 1 is 1.36 bits per heavy atom. The Kier molecular flexibility index (Phi) is 6.46. The van der Waals surface area contributed by atoms with E-state index in [4.69, 9.17) is 0 Å². The van der Waals surface area contributed by atoms with Crippen molar-refractivity contribution < 1.29 is 4.79 Å². The summed E-state index contributed by atoms with van der Waals surface area (Å²) >= 11 is 0.